The third kappa shape index (κ3) is 3.69. The van der Waals surface area contributed by atoms with Gasteiger partial charge in [0.15, 0.2) is 0 Å². The van der Waals surface area contributed by atoms with Crippen molar-refractivity contribution in [1.29, 1.82) is 0 Å². The topological polar surface area (TPSA) is 24.5 Å². The van der Waals surface area contributed by atoms with Crippen LogP contribution in [0.3, 0.4) is 0 Å². The lowest BCUT2D eigenvalue weighted by Gasteiger charge is -2.33. The summed E-state index contributed by atoms with van der Waals surface area (Å²) in [6, 6.07) is 0.926. The lowest BCUT2D eigenvalue weighted by Crippen LogP contribution is -2.41. The summed E-state index contributed by atoms with van der Waals surface area (Å²) >= 11 is 0. The highest BCUT2D eigenvalue weighted by Crippen LogP contribution is 2.30. The molecule has 1 aliphatic carbocycles. The minimum absolute atomic E-state index is 0.899. The lowest BCUT2D eigenvalue weighted by molar-refractivity contribution is 0.0479. The van der Waals surface area contributed by atoms with Gasteiger partial charge in [-0.3, -0.25) is 4.90 Å². The minimum Gasteiger partial charge on any atom is -0.381 e. The molecule has 0 aromatic rings. The van der Waals surface area contributed by atoms with Crippen LogP contribution >= 0.6 is 0 Å². The van der Waals surface area contributed by atoms with Crippen molar-refractivity contribution in [3.63, 3.8) is 0 Å². The zero-order chi connectivity index (χ0) is 12.2. The highest BCUT2D eigenvalue weighted by atomic mass is 16.5. The van der Waals surface area contributed by atoms with E-state index in [1.165, 1.54) is 64.7 Å². The Morgan fingerprint density at radius 3 is 2.39 bits per heavy atom. The summed E-state index contributed by atoms with van der Waals surface area (Å²) in [6.07, 6.45) is 8.27. The van der Waals surface area contributed by atoms with E-state index in [1.807, 2.05) is 0 Å². The maximum absolute atomic E-state index is 5.48. The van der Waals surface area contributed by atoms with Crippen LogP contribution in [0.25, 0.3) is 0 Å². The molecule has 2 aliphatic heterocycles. The van der Waals surface area contributed by atoms with E-state index in [-0.39, 0.29) is 0 Å². The average molecular weight is 252 g/mol. The van der Waals surface area contributed by atoms with Crippen LogP contribution in [-0.2, 0) is 4.74 Å². The summed E-state index contributed by atoms with van der Waals surface area (Å²) in [6.45, 7) is 7.15. The number of piperidine rings is 1. The van der Waals surface area contributed by atoms with Crippen LogP contribution < -0.4 is 5.32 Å². The SMILES string of the molecule is C1CNCC(CN(CC2CCOCC2)C2CC2)C1. The second-order valence-corrected chi connectivity index (χ2v) is 6.45. The first kappa shape index (κ1) is 12.9. The fourth-order valence-corrected chi connectivity index (χ4v) is 3.48. The van der Waals surface area contributed by atoms with Gasteiger partial charge < -0.3 is 10.1 Å². The summed E-state index contributed by atoms with van der Waals surface area (Å²) in [5, 5.41) is 3.56. The van der Waals surface area contributed by atoms with Gasteiger partial charge in [-0.25, -0.2) is 0 Å². The third-order valence-electron chi connectivity index (χ3n) is 4.79. The molecule has 3 aliphatic rings. The molecule has 3 nitrogen and oxygen atoms in total. The van der Waals surface area contributed by atoms with Gasteiger partial charge in [-0.15, -0.1) is 0 Å². The van der Waals surface area contributed by atoms with Gasteiger partial charge in [-0.2, -0.15) is 0 Å². The van der Waals surface area contributed by atoms with E-state index < -0.39 is 0 Å². The Labute approximate surface area is 111 Å². The van der Waals surface area contributed by atoms with Gasteiger partial charge in [-0.05, 0) is 63.5 Å². The number of nitrogens with zero attached hydrogens (tertiary/aromatic N) is 1. The molecule has 0 amide bonds. The molecule has 0 aromatic carbocycles. The zero-order valence-corrected chi connectivity index (χ0v) is 11.6. The molecule has 3 heteroatoms. The van der Waals surface area contributed by atoms with E-state index in [0.29, 0.717) is 0 Å². The van der Waals surface area contributed by atoms with Gasteiger partial charge in [0.05, 0.1) is 0 Å². The fraction of sp³-hybridized carbons (Fsp3) is 1.00. The Bertz CT molecular complexity index is 223. The van der Waals surface area contributed by atoms with Crippen LogP contribution in [-0.4, -0.2) is 50.3 Å². The zero-order valence-electron chi connectivity index (χ0n) is 11.6. The van der Waals surface area contributed by atoms with Crippen molar-refractivity contribution in [2.75, 3.05) is 39.4 Å². The fourth-order valence-electron chi connectivity index (χ4n) is 3.48. The van der Waals surface area contributed by atoms with Gasteiger partial charge >= 0.3 is 0 Å². The second kappa shape index (κ2) is 6.36. The lowest BCUT2D eigenvalue weighted by atomic mass is 9.96. The molecule has 1 N–H and O–H groups in total. The maximum Gasteiger partial charge on any atom is 0.0469 e. The maximum atomic E-state index is 5.48. The summed E-state index contributed by atoms with van der Waals surface area (Å²) in [4.78, 5) is 2.81. The first-order valence-corrected chi connectivity index (χ1v) is 7.94. The molecular weight excluding hydrogens is 224 g/mol. The molecule has 1 unspecified atom stereocenters. The van der Waals surface area contributed by atoms with Crippen molar-refractivity contribution in [3.8, 4) is 0 Å². The van der Waals surface area contributed by atoms with Crippen molar-refractivity contribution in [1.82, 2.24) is 10.2 Å². The minimum atomic E-state index is 0.899. The molecule has 0 aromatic heterocycles. The Morgan fingerprint density at radius 2 is 1.72 bits per heavy atom. The number of hydrogen-bond donors (Lipinski definition) is 1. The predicted molar refractivity (Wildman–Crippen MR) is 73.7 cm³/mol. The molecule has 1 saturated carbocycles. The Kier molecular flexibility index (Phi) is 4.55. The molecule has 0 spiro atoms. The van der Waals surface area contributed by atoms with Crippen LogP contribution in [0, 0.1) is 11.8 Å². The molecule has 3 rings (SSSR count). The Hall–Kier alpha value is -0.120. The van der Waals surface area contributed by atoms with E-state index in [4.69, 9.17) is 4.74 Å². The first-order valence-electron chi connectivity index (χ1n) is 7.94. The van der Waals surface area contributed by atoms with E-state index in [1.54, 1.807) is 0 Å². The number of ether oxygens (including phenoxy) is 1. The summed E-state index contributed by atoms with van der Waals surface area (Å²) < 4.78 is 5.48. The molecule has 18 heavy (non-hydrogen) atoms. The van der Waals surface area contributed by atoms with Crippen molar-refractivity contribution in [2.45, 2.75) is 44.6 Å². The third-order valence-corrected chi connectivity index (χ3v) is 4.79. The van der Waals surface area contributed by atoms with Crippen LogP contribution in [0.15, 0.2) is 0 Å². The highest BCUT2D eigenvalue weighted by Gasteiger charge is 2.32. The standard InChI is InChI=1S/C15H28N2O/c1-2-14(10-16-7-1)12-17(15-3-4-15)11-13-5-8-18-9-6-13/h13-16H,1-12H2. The Morgan fingerprint density at radius 1 is 0.944 bits per heavy atom. The smallest absolute Gasteiger partial charge is 0.0469 e. The van der Waals surface area contributed by atoms with Crippen molar-refractivity contribution in [3.05, 3.63) is 0 Å². The van der Waals surface area contributed by atoms with E-state index in [9.17, 15) is 0 Å². The van der Waals surface area contributed by atoms with Gasteiger partial charge in [0.1, 0.15) is 0 Å². The first-order chi connectivity index (χ1) is 8.92. The summed E-state index contributed by atoms with van der Waals surface area (Å²) in [5.41, 5.74) is 0. The summed E-state index contributed by atoms with van der Waals surface area (Å²) in [7, 11) is 0. The molecule has 3 fully saturated rings. The van der Waals surface area contributed by atoms with Gasteiger partial charge in [0.25, 0.3) is 0 Å². The van der Waals surface area contributed by atoms with Crippen molar-refractivity contribution in [2.24, 2.45) is 11.8 Å². The van der Waals surface area contributed by atoms with Gasteiger partial charge in [0, 0.05) is 32.3 Å². The Balaban J connectivity index is 1.47. The van der Waals surface area contributed by atoms with Crippen molar-refractivity contribution >= 4 is 0 Å². The van der Waals surface area contributed by atoms with Gasteiger partial charge in [0.2, 0.25) is 0 Å². The number of hydrogen-bond acceptors (Lipinski definition) is 3. The molecule has 104 valence electrons. The molecule has 0 radical (unpaired) electrons. The number of rotatable bonds is 5. The molecule has 1 atom stereocenters. The average Bonchev–Trinajstić information content (AvgIpc) is 3.25. The van der Waals surface area contributed by atoms with Crippen LogP contribution in [0.2, 0.25) is 0 Å². The monoisotopic (exact) mass is 252 g/mol. The van der Waals surface area contributed by atoms with E-state index >= 15 is 0 Å². The largest absolute Gasteiger partial charge is 0.381 e. The van der Waals surface area contributed by atoms with Crippen LogP contribution in [0.5, 0.6) is 0 Å². The van der Waals surface area contributed by atoms with E-state index in [2.05, 4.69) is 10.2 Å². The molecule has 2 saturated heterocycles. The normalized spacial score (nSPS) is 30.8. The quantitative estimate of drug-likeness (QED) is 0.808. The van der Waals surface area contributed by atoms with Crippen LogP contribution in [0.4, 0.5) is 0 Å². The van der Waals surface area contributed by atoms with Gasteiger partial charge in [-0.1, -0.05) is 0 Å². The van der Waals surface area contributed by atoms with Crippen molar-refractivity contribution < 1.29 is 4.74 Å². The summed E-state index contributed by atoms with van der Waals surface area (Å²) in [5.74, 6) is 1.80. The highest BCUT2D eigenvalue weighted by molar-refractivity contribution is 4.88. The van der Waals surface area contributed by atoms with E-state index in [0.717, 1.165) is 31.1 Å². The molecule has 2 heterocycles. The molecular formula is C15H28N2O. The van der Waals surface area contributed by atoms with Crippen LogP contribution in [0.1, 0.15) is 38.5 Å². The second-order valence-electron chi connectivity index (χ2n) is 6.45. The molecule has 0 bridgehead atoms. The number of nitrogens with one attached hydrogen (secondary N) is 1. The predicted octanol–water partition coefficient (Wildman–Crippen LogP) is 1.88.